The van der Waals surface area contributed by atoms with E-state index in [1.807, 2.05) is 6.92 Å². The number of hydrogen-bond acceptors (Lipinski definition) is 7. The fourth-order valence-electron chi connectivity index (χ4n) is 10.5. The summed E-state index contributed by atoms with van der Waals surface area (Å²) in [5, 5.41) is 57.1. The molecule has 0 radical (unpaired) electrons. The first-order valence-electron chi connectivity index (χ1n) is 13.7. The van der Waals surface area contributed by atoms with Gasteiger partial charge in [0.25, 0.3) is 0 Å². The van der Waals surface area contributed by atoms with Crippen LogP contribution in [0.2, 0.25) is 0 Å². The summed E-state index contributed by atoms with van der Waals surface area (Å²) >= 11 is 0. The van der Waals surface area contributed by atoms with Gasteiger partial charge in [0.05, 0.1) is 23.4 Å². The predicted octanol–water partition coefficient (Wildman–Crippen LogP) is 0.943. The van der Waals surface area contributed by atoms with Crippen molar-refractivity contribution in [2.45, 2.75) is 101 Å². The fourth-order valence-corrected chi connectivity index (χ4v) is 10.5. The summed E-state index contributed by atoms with van der Waals surface area (Å²) in [5.74, 6) is -1.30. The lowest BCUT2D eigenvalue weighted by atomic mass is 9.50. The molecule has 14 atom stereocenters. The topological polar surface area (TPSA) is 121 Å². The molecule has 6 aliphatic rings. The highest BCUT2D eigenvalue weighted by Crippen LogP contribution is 2.68. The summed E-state index contributed by atoms with van der Waals surface area (Å²) in [5.41, 5.74) is -2.74. The van der Waals surface area contributed by atoms with E-state index >= 15 is 0 Å². The Kier molecular flexibility index (Phi) is 5.24. The van der Waals surface area contributed by atoms with Crippen molar-refractivity contribution in [1.29, 1.82) is 0 Å². The average molecular weight is 478 g/mol. The van der Waals surface area contributed by atoms with E-state index in [9.17, 15) is 30.3 Å². The third-order valence-corrected chi connectivity index (χ3v) is 11.9. The molecule has 0 spiro atoms. The van der Waals surface area contributed by atoms with Crippen LogP contribution in [0, 0.1) is 46.8 Å². The minimum Gasteiger partial charge on any atom is -0.393 e. The van der Waals surface area contributed by atoms with E-state index in [0.717, 1.165) is 25.9 Å². The molecule has 0 amide bonds. The van der Waals surface area contributed by atoms with E-state index < -0.39 is 41.3 Å². The van der Waals surface area contributed by atoms with Gasteiger partial charge in [0.2, 0.25) is 0 Å². The monoisotopic (exact) mass is 477 g/mol. The molecule has 5 N–H and O–H groups in total. The number of ketones is 1. The quantitative estimate of drug-likeness (QED) is 0.352. The van der Waals surface area contributed by atoms with Crippen molar-refractivity contribution in [2.24, 2.45) is 46.8 Å². The Balaban J connectivity index is 1.40. The molecule has 7 nitrogen and oxygen atoms in total. The van der Waals surface area contributed by atoms with Crippen molar-refractivity contribution in [3.8, 4) is 0 Å². The number of nitrogens with zero attached hydrogens (tertiary/aromatic N) is 1. The molecule has 0 aromatic heterocycles. The van der Waals surface area contributed by atoms with Gasteiger partial charge in [0.1, 0.15) is 6.10 Å². The first kappa shape index (κ1) is 23.8. The molecule has 192 valence electrons. The van der Waals surface area contributed by atoms with Gasteiger partial charge in [-0.1, -0.05) is 13.8 Å². The van der Waals surface area contributed by atoms with Crippen LogP contribution in [0.4, 0.5) is 0 Å². The van der Waals surface area contributed by atoms with Gasteiger partial charge in [0, 0.05) is 43.3 Å². The fraction of sp³-hybridized carbons (Fsp3) is 0.963. The molecule has 0 aromatic rings. The van der Waals surface area contributed by atoms with Crippen molar-refractivity contribution in [1.82, 2.24) is 4.90 Å². The highest BCUT2D eigenvalue weighted by atomic mass is 16.3. The van der Waals surface area contributed by atoms with Crippen molar-refractivity contribution in [2.75, 3.05) is 13.1 Å². The maximum absolute atomic E-state index is 13.4. The molecule has 2 saturated heterocycles. The Hall–Kier alpha value is -0.570. The van der Waals surface area contributed by atoms with Crippen LogP contribution in [0.1, 0.15) is 65.7 Å². The molecule has 6 fully saturated rings. The zero-order valence-electron chi connectivity index (χ0n) is 20.8. The molecule has 4 saturated carbocycles. The highest BCUT2D eigenvalue weighted by molar-refractivity contribution is 5.88. The maximum Gasteiger partial charge on any atom is 0.165 e. The van der Waals surface area contributed by atoms with Crippen LogP contribution < -0.4 is 0 Å². The first-order valence-corrected chi connectivity index (χ1v) is 13.7. The smallest absolute Gasteiger partial charge is 0.165 e. The molecule has 2 aliphatic heterocycles. The second-order valence-electron chi connectivity index (χ2n) is 13.6. The van der Waals surface area contributed by atoms with E-state index in [4.69, 9.17) is 0 Å². The summed E-state index contributed by atoms with van der Waals surface area (Å²) in [6.07, 6.45) is 1.87. The first-order chi connectivity index (χ1) is 15.9. The van der Waals surface area contributed by atoms with E-state index in [-0.39, 0.29) is 47.3 Å². The summed E-state index contributed by atoms with van der Waals surface area (Å²) in [6.45, 7) is 7.90. The Labute approximate surface area is 202 Å². The summed E-state index contributed by atoms with van der Waals surface area (Å²) in [4.78, 5) is 15.8. The van der Waals surface area contributed by atoms with Gasteiger partial charge in [-0.2, -0.15) is 0 Å². The Bertz CT molecular complexity index is 864. The zero-order valence-corrected chi connectivity index (χ0v) is 20.8. The molecule has 0 unspecified atom stereocenters. The van der Waals surface area contributed by atoms with Crippen LogP contribution in [0.25, 0.3) is 0 Å². The molecule has 34 heavy (non-hydrogen) atoms. The van der Waals surface area contributed by atoms with Crippen LogP contribution in [0.5, 0.6) is 0 Å². The largest absolute Gasteiger partial charge is 0.393 e. The van der Waals surface area contributed by atoms with Gasteiger partial charge < -0.3 is 25.5 Å². The van der Waals surface area contributed by atoms with Gasteiger partial charge in [0.15, 0.2) is 5.78 Å². The van der Waals surface area contributed by atoms with E-state index in [1.54, 1.807) is 0 Å². The number of aliphatic hydroxyl groups is 5. The van der Waals surface area contributed by atoms with Crippen molar-refractivity contribution in [3.05, 3.63) is 0 Å². The molecular formula is C27H43NO6. The minimum absolute atomic E-state index is 0.0170. The second kappa shape index (κ2) is 7.48. The van der Waals surface area contributed by atoms with Gasteiger partial charge in [-0.25, -0.2) is 0 Å². The molecule has 2 heterocycles. The third kappa shape index (κ3) is 2.94. The van der Waals surface area contributed by atoms with Crippen LogP contribution >= 0.6 is 0 Å². The lowest BCUT2D eigenvalue weighted by Gasteiger charge is -2.62. The van der Waals surface area contributed by atoms with Crippen molar-refractivity contribution in [3.63, 3.8) is 0 Å². The standard InChI is InChI=1S/C27H43NO6/c1-13-4-5-20-26(3,33)21-15(12-28(20)11-13)16-9-17-22(27(16,34)10-19(21)30)24(32)23(31)18-8-14(29)6-7-25(17,18)2/h13-22,24,29-30,32-34H,4-12H2,1-3H3/t13-,14-,15-,16-,17-,18+,19-,20-,21+,22-,24-,25+,26+,27-/m0/s1. The number of hydrogen-bond donors (Lipinski definition) is 5. The summed E-state index contributed by atoms with van der Waals surface area (Å²) in [7, 11) is 0. The molecule has 0 aromatic carbocycles. The van der Waals surface area contributed by atoms with E-state index in [2.05, 4.69) is 18.7 Å². The van der Waals surface area contributed by atoms with Crippen molar-refractivity contribution >= 4 is 5.78 Å². The number of aliphatic hydroxyl groups excluding tert-OH is 3. The molecule has 6 rings (SSSR count). The lowest BCUT2D eigenvalue weighted by molar-refractivity contribution is -0.244. The third-order valence-electron chi connectivity index (χ3n) is 11.9. The van der Waals surface area contributed by atoms with Gasteiger partial charge in [-0.05, 0) is 74.5 Å². The predicted molar refractivity (Wildman–Crippen MR) is 124 cm³/mol. The van der Waals surface area contributed by atoms with Crippen LogP contribution in [0.15, 0.2) is 0 Å². The van der Waals surface area contributed by atoms with Crippen LogP contribution in [-0.2, 0) is 4.79 Å². The highest BCUT2D eigenvalue weighted by Gasteiger charge is 2.73. The Morgan fingerprint density at radius 1 is 0.941 bits per heavy atom. The molecular weight excluding hydrogens is 434 g/mol. The molecule has 4 aliphatic carbocycles. The molecule has 7 heteroatoms. The number of carbonyl (C=O) groups is 1. The number of fused-ring (bicyclic) bond motifs is 8. The van der Waals surface area contributed by atoms with Gasteiger partial charge in [-0.15, -0.1) is 0 Å². The Morgan fingerprint density at radius 2 is 1.68 bits per heavy atom. The lowest BCUT2D eigenvalue weighted by Crippen LogP contribution is -2.72. The minimum atomic E-state index is -1.32. The van der Waals surface area contributed by atoms with Gasteiger partial charge in [-0.3, -0.25) is 9.69 Å². The number of Topliss-reactive ketones (excluding diaryl/α,β-unsaturated/α-hetero) is 1. The van der Waals surface area contributed by atoms with E-state index in [1.165, 1.54) is 0 Å². The molecule has 0 bridgehead atoms. The van der Waals surface area contributed by atoms with Crippen LogP contribution in [-0.4, -0.2) is 84.9 Å². The van der Waals surface area contributed by atoms with Gasteiger partial charge >= 0.3 is 0 Å². The van der Waals surface area contributed by atoms with Crippen LogP contribution in [0.3, 0.4) is 0 Å². The summed E-state index contributed by atoms with van der Waals surface area (Å²) in [6, 6.07) is 0.0170. The van der Waals surface area contributed by atoms with E-state index in [0.29, 0.717) is 31.6 Å². The normalized spacial score (nSPS) is 61.6. The average Bonchev–Trinajstić information content (AvgIpc) is 3.06. The number of carbonyl (C=O) groups excluding carboxylic acids is 1. The summed E-state index contributed by atoms with van der Waals surface area (Å²) < 4.78 is 0. The number of rotatable bonds is 0. The zero-order chi connectivity index (χ0) is 24.4. The number of piperidine rings is 2. The van der Waals surface area contributed by atoms with Crippen molar-refractivity contribution < 1.29 is 30.3 Å². The Morgan fingerprint density at radius 3 is 2.41 bits per heavy atom. The maximum atomic E-state index is 13.4. The SMILES string of the molecule is C[C@H]1CC[C@@H]2N(C1)C[C@@H]1[C@H]([C@@H](O)C[C@@]3(O)[C@@H]4[C@H](O)C(=O)[C@H]5C[C@@H](O)CC[C@]5(C)[C@H]4C[C@@H]13)[C@]2(C)O. The second-order valence-corrected chi connectivity index (χ2v) is 13.6.